The first kappa shape index (κ1) is 24.9. The molecule has 2 amide bonds. The molecule has 8 nitrogen and oxygen atoms in total. The Morgan fingerprint density at radius 2 is 1.81 bits per heavy atom. The summed E-state index contributed by atoms with van der Waals surface area (Å²) in [4.78, 5) is 30.5. The number of nitrogens with zero attached hydrogens (tertiary/aromatic N) is 3. The van der Waals surface area contributed by atoms with Gasteiger partial charge in [-0.2, -0.15) is 0 Å². The number of carbonyl (C=O) groups is 2. The van der Waals surface area contributed by atoms with E-state index in [0.29, 0.717) is 23.8 Å². The summed E-state index contributed by atoms with van der Waals surface area (Å²) in [7, 11) is 0. The van der Waals surface area contributed by atoms with E-state index in [1.807, 2.05) is 4.90 Å². The van der Waals surface area contributed by atoms with Crippen LogP contribution in [0.15, 0.2) is 0 Å². The van der Waals surface area contributed by atoms with Crippen LogP contribution in [0.1, 0.15) is 84.5 Å². The Morgan fingerprint density at radius 1 is 0.972 bits per heavy atom. The van der Waals surface area contributed by atoms with Gasteiger partial charge in [0.2, 0.25) is 5.91 Å². The van der Waals surface area contributed by atoms with E-state index in [2.05, 4.69) is 27.6 Å². The smallest absolute Gasteiger partial charge is 0.410 e. The number of fused-ring (bicyclic) bond motifs is 1. The minimum Gasteiger partial charge on any atom is -0.446 e. The number of piperidine rings is 1. The average molecular weight is 502 g/mol. The first-order valence-corrected chi connectivity index (χ1v) is 14.9. The minimum absolute atomic E-state index is 0.0243. The Bertz CT molecular complexity index is 822. The molecule has 2 N–H and O–H groups in total. The molecular formula is C28H47N5O3. The van der Waals surface area contributed by atoms with Crippen LogP contribution in [0.2, 0.25) is 0 Å². The van der Waals surface area contributed by atoms with Crippen LogP contribution in [0.5, 0.6) is 0 Å². The highest BCUT2D eigenvalue weighted by Crippen LogP contribution is 2.44. The molecule has 3 saturated heterocycles. The number of amides is 2. The molecule has 8 heteroatoms. The lowest BCUT2D eigenvalue weighted by Crippen LogP contribution is -2.67. The molecule has 3 saturated carbocycles. The van der Waals surface area contributed by atoms with Gasteiger partial charge in [0.15, 0.2) is 0 Å². The Morgan fingerprint density at radius 3 is 2.56 bits per heavy atom. The van der Waals surface area contributed by atoms with Gasteiger partial charge in [-0.3, -0.25) is 10.2 Å². The molecule has 3 heterocycles. The predicted molar refractivity (Wildman–Crippen MR) is 138 cm³/mol. The van der Waals surface area contributed by atoms with E-state index in [1.165, 1.54) is 32.1 Å². The van der Waals surface area contributed by atoms with Crippen LogP contribution in [-0.4, -0.2) is 89.8 Å². The summed E-state index contributed by atoms with van der Waals surface area (Å²) in [5.41, 5.74) is 3.96. The van der Waals surface area contributed by atoms with Gasteiger partial charge >= 0.3 is 6.09 Å². The largest absolute Gasteiger partial charge is 0.446 e. The molecule has 0 aromatic heterocycles. The molecular weight excluding hydrogens is 454 g/mol. The molecule has 3 aliphatic carbocycles. The zero-order valence-electron chi connectivity index (χ0n) is 22.4. The number of nitrogens with one attached hydrogen (secondary N) is 2. The molecule has 0 aromatic rings. The van der Waals surface area contributed by atoms with E-state index < -0.39 is 0 Å². The maximum absolute atomic E-state index is 13.8. The lowest BCUT2D eigenvalue weighted by molar-refractivity contribution is -0.143. The average Bonchev–Trinajstić information content (AvgIpc) is 3.60. The van der Waals surface area contributed by atoms with Gasteiger partial charge in [-0.1, -0.05) is 0 Å². The maximum Gasteiger partial charge on any atom is 0.410 e. The van der Waals surface area contributed by atoms with Gasteiger partial charge in [-0.25, -0.2) is 9.80 Å². The van der Waals surface area contributed by atoms with Crippen molar-refractivity contribution in [3.63, 3.8) is 0 Å². The molecule has 202 valence electrons. The number of hydrazine groups is 1. The molecule has 7 atom stereocenters. The van der Waals surface area contributed by atoms with Crippen molar-refractivity contribution in [1.29, 1.82) is 0 Å². The van der Waals surface area contributed by atoms with E-state index in [0.717, 1.165) is 70.7 Å². The minimum atomic E-state index is -0.129. The Kier molecular flexibility index (Phi) is 6.97. The van der Waals surface area contributed by atoms with Crippen molar-refractivity contribution in [3.8, 4) is 0 Å². The number of rotatable bonds is 3. The quantitative estimate of drug-likeness (QED) is 0.619. The van der Waals surface area contributed by atoms with Gasteiger partial charge in [0.25, 0.3) is 0 Å². The zero-order valence-corrected chi connectivity index (χ0v) is 22.4. The van der Waals surface area contributed by atoms with E-state index in [-0.39, 0.29) is 36.2 Å². The zero-order chi connectivity index (χ0) is 24.9. The van der Waals surface area contributed by atoms with Crippen LogP contribution < -0.4 is 10.7 Å². The van der Waals surface area contributed by atoms with Crippen molar-refractivity contribution in [3.05, 3.63) is 0 Å². The standard InChI is InChI=1S/C28H47N5O3/c1-19-16-31(27(35)36-24-5-3-10-28(14-24)11-4-12-29-18-28)26-13-21(6-9-25(26)33(19)20(2)34)22-15-30-32(17-22)23-7-8-23/h19,21-26,29-30H,3-18H2,1-2H3/t19-,21?,22?,24?,25?,26?,28?/m0/s1. The van der Waals surface area contributed by atoms with Crippen LogP contribution in [0.3, 0.4) is 0 Å². The summed E-state index contributed by atoms with van der Waals surface area (Å²) >= 11 is 0. The molecule has 6 rings (SSSR count). The molecule has 0 radical (unpaired) electrons. The van der Waals surface area contributed by atoms with Crippen molar-refractivity contribution in [1.82, 2.24) is 25.6 Å². The summed E-state index contributed by atoms with van der Waals surface area (Å²) in [5, 5.41) is 6.05. The summed E-state index contributed by atoms with van der Waals surface area (Å²) in [6.45, 7) is 8.74. The topological polar surface area (TPSA) is 77.2 Å². The number of hydrogen-bond donors (Lipinski definition) is 2. The van der Waals surface area contributed by atoms with Crippen molar-refractivity contribution < 1.29 is 14.3 Å². The summed E-state index contributed by atoms with van der Waals surface area (Å²) < 4.78 is 6.30. The third kappa shape index (κ3) is 4.90. The van der Waals surface area contributed by atoms with Crippen molar-refractivity contribution in [2.45, 2.75) is 115 Å². The highest BCUT2D eigenvalue weighted by atomic mass is 16.6. The fraction of sp³-hybridized carbons (Fsp3) is 0.929. The lowest BCUT2D eigenvalue weighted by atomic mass is 9.69. The van der Waals surface area contributed by atoms with E-state index in [1.54, 1.807) is 6.92 Å². The van der Waals surface area contributed by atoms with Gasteiger partial charge in [-0.05, 0) is 101 Å². The van der Waals surface area contributed by atoms with Gasteiger partial charge in [0, 0.05) is 45.2 Å². The van der Waals surface area contributed by atoms with Crippen LogP contribution in [0.4, 0.5) is 4.79 Å². The van der Waals surface area contributed by atoms with E-state index >= 15 is 0 Å². The highest BCUT2D eigenvalue weighted by molar-refractivity contribution is 5.75. The highest BCUT2D eigenvalue weighted by Gasteiger charge is 2.49. The fourth-order valence-electron chi connectivity index (χ4n) is 8.56. The maximum atomic E-state index is 13.8. The fourth-order valence-corrected chi connectivity index (χ4v) is 8.56. The monoisotopic (exact) mass is 501 g/mol. The SMILES string of the molecule is CC(=O)N1C2CCC(C3CNN(C4CC4)C3)CC2N(C(=O)OC2CCCC3(CCCNC3)C2)C[C@@H]1C. The molecule has 0 aromatic carbocycles. The van der Waals surface area contributed by atoms with Crippen molar-refractivity contribution in [2.24, 2.45) is 17.3 Å². The van der Waals surface area contributed by atoms with Gasteiger partial charge < -0.3 is 19.9 Å². The van der Waals surface area contributed by atoms with Gasteiger partial charge in [-0.15, -0.1) is 0 Å². The van der Waals surface area contributed by atoms with E-state index in [9.17, 15) is 9.59 Å². The number of hydrogen-bond acceptors (Lipinski definition) is 6. The van der Waals surface area contributed by atoms with Crippen LogP contribution in [0.25, 0.3) is 0 Å². The second kappa shape index (κ2) is 10.1. The predicted octanol–water partition coefficient (Wildman–Crippen LogP) is 3.12. The third-order valence-electron chi connectivity index (χ3n) is 10.5. The van der Waals surface area contributed by atoms with Crippen molar-refractivity contribution >= 4 is 12.0 Å². The Balaban J connectivity index is 1.15. The first-order valence-electron chi connectivity index (χ1n) is 14.9. The number of ether oxygens (including phenoxy) is 1. The second-order valence-corrected chi connectivity index (χ2v) is 13.0. The summed E-state index contributed by atoms with van der Waals surface area (Å²) in [6.07, 6.45) is 12.5. The van der Waals surface area contributed by atoms with Crippen LogP contribution >= 0.6 is 0 Å². The van der Waals surface area contributed by atoms with Gasteiger partial charge in [0.1, 0.15) is 6.10 Å². The molecule has 3 aliphatic heterocycles. The Labute approximate surface area is 216 Å². The molecule has 36 heavy (non-hydrogen) atoms. The molecule has 1 spiro atoms. The summed E-state index contributed by atoms with van der Waals surface area (Å²) in [6, 6.07) is 0.954. The molecule has 0 bridgehead atoms. The van der Waals surface area contributed by atoms with E-state index in [4.69, 9.17) is 4.74 Å². The van der Waals surface area contributed by atoms with Crippen LogP contribution in [-0.2, 0) is 9.53 Å². The van der Waals surface area contributed by atoms with Crippen molar-refractivity contribution in [2.75, 3.05) is 32.7 Å². The van der Waals surface area contributed by atoms with Gasteiger partial charge in [0.05, 0.1) is 12.1 Å². The normalized spacial score (nSPS) is 41.8. The van der Waals surface area contributed by atoms with Crippen LogP contribution in [0, 0.1) is 17.3 Å². The second-order valence-electron chi connectivity index (χ2n) is 13.0. The Hall–Kier alpha value is -1.38. The third-order valence-corrected chi connectivity index (χ3v) is 10.5. The first-order chi connectivity index (χ1) is 17.4. The number of piperazine rings is 1. The number of carbonyl (C=O) groups excluding carboxylic acids is 2. The summed E-state index contributed by atoms with van der Waals surface area (Å²) in [5.74, 6) is 1.36. The molecule has 6 fully saturated rings. The lowest BCUT2D eigenvalue weighted by Gasteiger charge is -2.54. The molecule has 6 aliphatic rings. The molecule has 6 unspecified atom stereocenters.